The van der Waals surface area contributed by atoms with E-state index in [1.807, 2.05) is 24.3 Å². The first-order valence-electron chi connectivity index (χ1n) is 11.5. The molecule has 0 heterocycles. The van der Waals surface area contributed by atoms with Gasteiger partial charge in [0.1, 0.15) is 5.78 Å². The molecule has 2 aromatic rings. The summed E-state index contributed by atoms with van der Waals surface area (Å²) in [5.74, 6) is -0.0770. The number of benzene rings is 2. The maximum absolute atomic E-state index is 12.6. The second-order valence-corrected chi connectivity index (χ2v) is 8.93. The van der Waals surface area contributed by atoms with Crippen molar-refractivity contribution in [1.82, 2.24) is 0 Å². The molecule has 3 rings (SSSR count). The largest absolute Gasteiger partial charge is 0.392 e. The average molecular weight is 409 g/mol. The smallest absolute Gasteiger partial charge is 0.139 e. The summed E-state index contributed by atoms with van der Waals surface area (Å²) >= 11 is 0. The number of hydrogen-bond donors (Lipinski definition) is 2. The summed E-state index contributed by atoms with van der Waals surface area (Å²) in [5, 5.41) is 21.0. The van der Waals surface area contributed by atoms with E-state index in [1.165, 1.54) is 11.1 Å². The quantitative estimate of drug-likeness (QED) is 0.498. The van der Waals surface area contributed by atoms with E-state index in [1.54, 1.807) is 0 Å². The fourth-order valence-corrected chi connectivity index (χ4v) is 4.84. The Morgan fingerprint density at radius 1 is 1.07 bits per heavy atom. The monoisotopic (exact) mass is 408 g/mol. The third-order valence-corrected chi connectivity index (χ3v) is 6.52. The molecule has 0 spiro atoms. The number of aliphatic hydroxyl groups excluding tert-OH is 2. The first-order valence-corrected chi connectivity index (χ1v) is 11.5. The van der Waals surface area contributed by atoms with Crippen molar-refractivity contribution >= 4 is 5.78 Å². The molecule has 4 atom stereocenters. The minimum absolute atomic E-state index is 0.120. The fourth-order valence-electron chi connectivity index (χ4n) is 4.84. The lowest BCUT2D eigenvalue weighted by atomic mass is 9.83. The standard InChI is InChI=1S/C27H36O3/c1-3-4-5-12-24(28)21-13-15-22(16-14-21)27-23(25(29)18-26(27)30)11-7-10-20-9-6-8-19(2)17-20/h6,8-9,13-17,23-24,26-28,30H,3-5,7,10-12,18H2,1-2H3/t23-,24?,26+,27?/m0/s1. The van der Waals surface area contributed by atoms with E-state index in [2.05, 4.69) is 38.1 Å². The Morgan fingerprint density at radius 3 is 2.53 bits per heavy atom. The average Bonchev–Trinajstić information content (AvgIpc) is 3.01. The van der Waals surface area contributed by atoms with Crippen molar-refractivity contribution in [3.8, 4) is 0 Å². The third kappa shape index (κ3) is 5.80. The van der Waals surface area contributed by atoms with Crippen molar-refractivity contribution in [2.75, 3.05) is 0 Å². The molecular weight excluding hydrogens is 372 g/mol. The van der Waals surface area contributed by atoms with Gasteiger partial charge in [0.2, 0.25) is 0 Å². The second-order valence-electron chi connectivity index (χ2n) is 8.93. The topological polar surface area (TPSA) is 57.5 Å². The van der Waals surface area contributed by atoms with Crippen LogP contribution in [0, 0.1) is 12.8 Å². The van der Waals surface area contributed by atoms with E-state index in [0.29, 0.717) is 0 Å². The molecule has 0 amide bonds. The van der Waals surface area contributed by atoms with Gasteiger partial charge in [0.15, 0.2) is 0 Å². The van der Waals surface area contributed by atoms with Crippen LogP contribution in [-0.2, 0) is 11.2 Å². The number of aryl methyl sites for hydroxylation is 2. The van der Waals surface area contributed by atoms with Gasteiger partial charge in [0.25, 0.3) is 0 Å². The van der Waals surface area contributed by atoms with Gasteiger partial charge < -0.3 is 10.2 Å². The van der Waals surface area contributed by atoms with Gasteiger partial charge in [-0.1, -0.05) is 80.3 Å². The number of ketones is 1. The molecule has 1 aliphatic rings. The van der Waals surface area contributed by atoms with E-state index in [0.717, 1.165) is 56.1 Å². The molecule has 162 valence electrons. The van der Waals surface area contributed by atoms with Crippen LogP contribution in [0.1, 0.15) is 86.1 Å². The lowest BCUT2D eigenvalue weighted by molar-refractivity contribution is -0.121. The number of Topliss-reactive ketones (excluding diaryl/α,β-unsaturated/α-hetero) is 1. The molecule has 0 aromatic heterocycles. The highest BCUT2D eigenvalue weighted by molar-refractivity contribution is 5.85. The summed E-state index contributed by atoms with van der Waals surface area (Å²) in [6.07, 6.45) is 5.98. The Kier molecular flexibility index (Phi) is 8.24. The Bertz CT molecular complexity index is 811. The molecule has 3 heteroatoms. The molecule has 2 aromatic carbocycles. The fraction of sp³-hybridized carbons (Fsp3) is 0.519. The molecule has 3 nitrogen and oxygen atoms in total. The van der Waals surface area contributed by atoms with Crippen LogP contribution >= 0.6 is 0 Å². The Morgan fingerprint density at radius 2 is 1.83 bits per heavy atom. The predicted molar refractivity (Wildman–Crippen MR) is 122 cm³/mol. The van der Waals surface area contributed by atoms with Gasteiger partial charge >= 0.3 is 0 Å². The number of carbonyl (C=O) groups excluding carboxylic acids is 1. The molecule has 0 saturated heterocycles. The zero-order valence-electron chi connectivity index (χ0n) is 18.4. The van der Waals surface area contributed by atoms with Gasteiger partial charge in [0.05, 0.1) is 12.2 Å². The minimum Gasteiger partial charge on any atom is -0.392 e. The molecule has 2 unspecified atom stereocenters. The highest BCUT2D eigenvalue weighted by atomic mass is 16.3. The highest BCUT2D eigenvalue weighted by Gasteiger charge is 2.41. The zero-order valence-corrected chi connectivity index (χ0v) is 18.4. The number of carbonyl (C=O) groups is 1. The van der Waals surface area contributed by atoms with E-state index >= 15 is 0 Å². The molecule has 1 fully saturated rings. The van der Waals surface area contributed by atoms with Crippen LogP contribution in [0.2, 0.25) is 0 Å². The molecule has 2 N–H and O–H groups in total. The van der Waals surface area contributed by atoms with Crippen LogP contribution in [0.25, 0.3) is 0 Å². The van der Waals surface area contributed by atoms with Crippen molar-refractivity contribution < 1.29 is 15.0 Å². The number of rotatable bonds is 10. The summed E-state index contributed by atoms with van der Waals surface area (Å²) in [6, 6.07) is 16.4. The number of unbranched alkanes of at least 4 members (excludes halogenated alkanes) is 2. The van der Waals surface area contributed by atoms with Crippen LogP contribution in [-0.4, -0.2) is 22.1 Å². The molecule has 0 radical (unpaired) electrons. The van der Waals surface area contributed by atoms with Crippen LogP contribution in [0.15, 0.2) is 48.5 Å². The molecule has 30 heavy (non-hydrogen) atoms. The normalized spacial score (nSPS) is 22.4. The Labute approximate surface area is 181 Å². The van der Waals surface area contributed by atoms with Crippen LogP contribution in [0.5, 0.6) is 0 Å². The van der Waals surface area contributed by atoms with Gasteiger partial charge in [-0.3, -0.25) is 4.79 Å². The van der Waals surface area contributed by atoms with Gasteiger partial charge in [0, 0.05) is 18.3 Å². The maximum Gasteiger partial charge on any atom is 0.139 e. The van der Waals surface area contributed by atoms with Crippen molar-refractivity contribution in [1.29, 1.82) is 0 Å². The van der Waals surface area contributed by atoms with Gasteiger partial charge in [-0.25, -0.2) is 0 Å². The van der Waals surface area contributed by atoms with Gasteiger partial charge in [-0.05, 0) is 49.3 Å². The summed E-state index contributed by atoms with van der Waals surface area (Å²) in [4.78, 5) is 12.6. The second kappa shape index (κ2) is 10.9. The molecular formula is C27H36O3. The minimum atomic E-state index is -0.609. The molecule has 0 aliphatic heterocycles. The third-order valence-electron chi connectivity index (χ3n) is 6.52. The summed E-state index contributed by atoms with van der Waals surface area (Å²) in [7, 11) is 0. The van der Waals surface area contributed by atoms with E-state index in [9.17, 15) is 15.0 Å². The highest BCUT2D eigenvalue weighted by Crippen LogP contribution is 2.40. The van der Waals surface area contributed by atoms with Crippen LogP contribution in [0.4, 0.5) is 0 Å². The molecule has 0 bridgehead atoms. The summed E-state index contributed by atoms with van der Waals surface area (Å²) < 4.78 is 0. The molecule has 1 saturated carbocycles. The first-order chi connectivity index (χ1) is 14.5. The van der Waals surface area contributed by atoms with E-state index in [-0.39, 0.29) is 24.0 Å². The van der Waals surface area contributed by atoms with Crippen LogP contribution < -0.4 is 0 Å². The Balaban J connectivity index is 1.63. The SMILES string of the molecule is CCCCCC(O)c1ccc(C2[C@H](O)CC(=O)[C@@H]2CCCc2cccc(C)c2)cc1. The predicted octanol–water partition coefficient (Wildman–Crippen LogP) is 5.67. The number of aliphatic hydroxyl groups is 2. The zero-order chi connectivity index (χ0) is 21.5. The summed E-state index contributed by atoms with van der Waals surface area (Å²) in [5.41, 5.74) is 4.50. The maximum atomic E-state index is 12.6. The van der Waals surface area contributed by atoms with E-state index in [4.69, 9.17) is 0 Å². The van der Waals surface area contributed by atoms with E-state index < -0.39 is 12.2 Å². The van der Waals surface area contributed by atoms with Crippen LogP contribution in [0.3, 0.4) is 0 Å². The van der Waals surface area contributed by atoms with Gasteiger partial charge in [-0.15, -0.1) is 0 Å². The van der Waals surface area contributed by atoms with Crippen molar-refractivity contribution in [3.05, 3.63) is 70.8 Å². The number of hydrogen-bond acceptors (Lipinski definition) is 3. The van der Waals surface area contributed by atoms with Crippen molar-refractivity contribution in [2.45, 2.75) is 83.3 Å². The van der Waals surface area contributed by atoms with Crippen molar-refractivity contribution in [2.24, 2.45) is 5.92 Å². The Hall–Kier alpha value is -1.97. The van der Waals surface area contributed by atoms with Gasteiger partial charge in [-0.2, -0.15) is 0 Å². The van der Waals surface area contributed by atoms with Crippen molar-refractivity contribution in [3.63, 3.8) is 0 Å². The lowest BCUT2D eigenvalue weighted by Gasteiger charge is -2.22. The first kappa shape index (κ1) is 22.7. The lowest BCUT2D eigenvalue weighted by Crippen LogP contribution is -2.19. The molecule has 1 aliphatic carbocycles. The summed E-state index contributed by atoms with van der Waals surface area (Å²) in [6.45, 7) is 4.26.